The van der Waals surface area contributed by atoms with Crippen LogP contribution in [0.1, 0.15) is 51.0 Å². The van der Waals surface area contributed by atoms with Gasteiger partial charge in [0.05, 0.1) is 5.41 Å². The topological polar surface area (TPSA) is 29.1 Å². The van der Waals surface area contributed by atoms with E-state index in [1.807, 2.05) is 0 Å². The number of carbonyl (C=O) groups excluding carboxylic acids is 1. The van der Waals surface area contributed by atoms with Gasteiger partial charge >= 0.3 is 0 Å². The Morgan fingerprint density at radius 3 is 2.30 bits per heavy atom. The first kappa shape index (κ1) is 13.6. The molecule has 0 spiro atoms. The van der Waals surface area contributed by atoms with Crippen molar-refractivity contribution in [1.82, 2.24) is 5.32 Å². The van der Waals surface area contributed by atoms with E-state index in [9.17, 15) is 9.18 Å². The molecule has 0 aromatic heterocycles. The quantitative estimate of drug-likeness (QED) is 0.898. The van der Waals surface area contributed by atoms with Crippen LogP contribution in [-0.4, -0.2) is 11.9 Å². The predicted octanol–water partition coefficient (Wildman–Crippen LogP) is 3.55. The molecule has 1 amide bonds. The molecule has 3 heteroatoms. The van der Waals surface area contributed by atoms with Crippen molar-refractivity contribution >= 4 is 5.91 Å². The fourth-order valence-electron chi connectivity index (χ4n) is 3.27. The Bertz CT molecular complexity index is 484. The molecule has 2 aliphatic carbocycles. The zero-order chi connectivity index (χ0) is 14.2. The highest BCUT2D eigenvalue weighted by molar-refractivity contribution is 5.91. The van der Waals surface area contributed by atoms with Gasteiger partial charge in [-0.15, -0.1) is 0 Å². The molecule has 3 rings (SSSR count). The van der Waals surface area contributed by atoms with E-state index in [-0.39, 0.29) is 17.1 Å². The van der Waals surface area contributed by atoms with Crippen molar-refractivity contribution in [3.63, 3.8) is 0 Å². The number of carbonyl (C=O) groups is 1. The van der Waals surface area contributed by atoms with Crippen LogP contribution < -0.4 is 5.32 Å². The minimum atomic E-state index is -0.378. The molecule has 2 fully saturated rings. The van der Waals surface area contributed by atoms with Crippen molar-refractivity contribution in [2.45, 2.75) is 56.9 Å². The molecular formula is C17H22FNO. The lowest BCUT2D eigenvalue weighted by Crippen LogP contribution is -2.43. The van der Waals surface area contributed by atoms with Crippen LogP contribution in [0.2, 0.25) is 0 Å². The summed E-state index contributed by atoms with van der Waals surface area (Å²) >= 11 is 0. The first-order valence-electron chi connectivity index (χ1n) is 7.67. The maximum absolute atomic E-state index is 13.0. The van der Waals surface area contributed by atoms with Crippen LogP contribution in [0.4, 0.5) is 4.39 Å². The molecule has 1 N–H and O–H groups in total. The first-order chi connectivity index (χ1) is 9.60. The first-order valence-corrected chi connectivity index (χ1v) is 7.67. The summed E-state index contributed by atoms with van der Waals surface area (Å²) in [5.74, 6) is 0.685. The maximum atomic E-state index is 13.0. The highest BCUT2D eigenvalue weighted by atomic mass is 19.1. The molecule has 1 aromatic carbocycles. The summed E-state index contributed by atoms with van der Waals surface area (Å²) in [6, 6.07) is 6.74. The standard InChI is InChI=1S/C17H22FNO/c1-12-2-8-15(9-3-12)19-16(20)17(10-11-17)13-4-6-14(18)7-5-13/h4-7,12,15H,2-3,8-11H2,1H3,(H,19,20). The minimum absolute atomic E-state index is 0.142. The zero-order valence-electron chi connectivity index (χ0n) is 12.0. The maximum Gasteiger partial charge on any atom is 0.230 e. The van der Waals surface area contributed by atoms with Gasteiger partial charge in [-0.2, -0.15) is 0 Å². The number of hydrogen-bond donors (Lipinski definition) is 1. The number of rotatable bonds is 3. The molecule has 2 aliphatic rings. The molecule has 0 saturated heterocycles. The summed E-state index contributed by atoms with van der Waals surface area (Å²) in [6.45, 7) is 2.28. The Morgan fingerprint density at radius 2 is 1.75 bits per heavy atom. The molecule has 0 aliphatic heterocycles. The molecule has 0 bridgehead atoms. The Labute approximate surface area is 119 Å². The number of nitrogens with one attached hydrogen (secondary N) is 1. The second kappa shape index (κ2) is 5.19. The summed E-state index contributed by atoms with van der Waals surface area (Å²) in [7, 11) is 0. The molecule has 2 saturated carbocycles. The van der Waals surface area contributed by atoms with Crippen molar-refractivity contribution in [2.75, 3.05) is 0 Å². The van der Waals surface area contributed by atoms with Gasteiger partial charge in [-0.05, 0) is 62.1 Å². The normalized spacial score (nSPS) is 27.9. The van der Waals surface area contributed by atoms with Gasteiger partial charge in [0.25, 0.3) is 0 Å². The number of benzene rings is 1. The van der Waals surface area contributed by atoms with Crippen LogP contribution in [0, 0.1) is 11.7 Å². The molecule has 0 atom stereocenters. The minimum Gasteiger partial charge on any atom is -0.353 e. The van der Waals surface area contributed by atoms with Crippen molar-refractivity contribution in [2.24, 2.45) is 5.92 Å². The van der Waals surface area contributed by atoms with Crippen LogP contribution in [0.25, 0.3) is 0 Å². The smallest absolute Gasteiger partial charge is 0.230 e. The lowest BCUT2D eigenvalue weighted by molar-refractivity contribution is -0.124. The van der Waals surface area contributed by atoms with Gasteiger partial charge in [0, 0.05) is 6.04 Å². The summed E-state index contributed by atoms with van der Waals surface area (Å²) in [4.78, 5) is 12.6. The van der Waals surface area contributed by atoms with Gasteiger partial charge < -0.3 is 5.32 Å². The van der Waals surface area contributed by atoms with Gasteiger partial charge in [0.1, 0.15) is 5.82 Å². The van der Waals surface area contributed by atoms with E-state index in [0.29, 0.717) is 6.04 Å². The number of hydrogen-bond acceptors (Lipinski definition) is 1. The molecular weight excluding hydrogens is 253 g/mol. The fourth-order valence-corrected chi connectivity index (χ4v) is 3.27. The fraction of sp³-hybridized carbons (Fsp3) is 0.588. The summed E-state index contributed by atoms with van der Waals surface area (Å²) in [6.07, 6.45) is 6.35. The molecule has 0 unspecified atom stereocenters. The van der Waals surface area contributed by atoms with Crippen LogP contribution in [0.3, 0.4) is 0 Å². The van der Waals surface area contributed by atoms with Crippen LogP contribution in [0.5, 0.6) is 0 Å². The van der Waals surface area contributed by atoms with Gasteiger partial charge in [0.15, 0.2) is 0 Å². The second-order valence-electron chi connectivity index (χ2n) is 6.52. The zero-order valence-corrected chi connectivity index (χ0v) is 12.0. The molecule has 20 heavy (non-hydrogen) atoms. The van der Waals surface area contributed by atoms with E-state index in [0.717, 1.165) is 37.2 Å². The van der Waals surface area contributed by atoms with E-state index < -0.39 is 0 Å². The van der Waals surface area contributed by atoms with Gasteiger partial charge in [-0.25, -0.2) is 4.39 Å². The third kappa shape index (κ3) is 2.58. The van der Waals surface area contributed by atoms with E-state index in [1.54, 1.807) is 12.1 Å². The summed E-state index contributed by atoms with van der Waals surface area (Å²) in [5.41, 5.74) is 0.581. The Hall–Kier alpha value is -1.38. The molecule has 1 aromatic rings. The van der Waals surface area contributed by atoms with Crippen LogP contribution >= 0.6 is 0 Å². The summed E-state index contributed by atoms with van der Waals surface area (Å²) in [5, 5.41) is 3.22. The molecule has 2 nitrogen and oxygen atoms in total. The van der Waals surface area contributed by atoms with Gasteiger partial charge in [0.2, 0.25) is 5.91 Å². The van der Waals surface area contributed by atoms with E-state index in [2.05, 4.69) is 12.2 Å². The number of halogens is 1. The van der Waals surface area contributed by atoms with Crippen molar-refractivity contribution in [3.8, 4) is 0 Å². The molecule has 0 radical (unpaired) electrons. The third-order valence-electron chi connectivity index (χ3n) is 4.93. The van der Waals surface area contributed by atoms with E-state index in [4.69, 9.17) is 0 Å². The number of amides is 1. The lowest BCUT2D eigenvalue weighted by Gasteiger charge is -2.28. The summed E-state index contributed by atoms with van der Waals surface area (Å²) < 4.78 is 13.0. The Kier molecular flexibility index (Phi) is 3.53. The monoisotopic (exact) mass is 275 g/mol. The Morgan fingerprint density at radius 1 is 1.15 bits per heavy atom. The highest BCUT2D eigenvalue weighted by Crippen LogP contribution is 2.48. The highest BCUT2D eigenvalue weighted by Gasteiger charge is 2.51. The second-order valence-corrected chi connectivity index (χ2v) is 6.52. The lowest BCUT2D eigenvalue weighted by atomic mass is 9.86. The van der Waals surface area contributed by atoms with E-state index in [1.165, 1.54) is 25.0 Å². The van der Waals surface area contributed by atoms with Crippen LogP contribution in [0.15, 0.2) is 24.3 Å². The molecule has 0 heterocycles. The average molecular weight is 275 g/mol. The van der Waals surface area contributed by atoms with Gasteiger partial charge in [-0.1, -0.05) is 19.1 Å². The van der Waals surface area contributed by atoms with Gasteiger partial charge in [-0.3, -0.25) is 4.79 Å². The van der Waals surface area contributed by atoms with Crippen molar-refractivity contribution in [3.05, 3.63) is 35.6 Å². The third-order valence-corrected chi connectivity index (χ3v) is 4.93. The Balaban J connectivity index is 1.66. The van der Waals surface area contributed by atoms with Crippen LogP contribution in [-0.2, 0) is 10.2 Å². The van der Waals surface area contributed by atoms with Crippen molar-refractivity contribution in [1.29, 1.82) is 0 Å². The van der Waals surface area contributed by atoms with E-state index >= 15 is 0 Å². The SMILES string of the molecule is CC1CCC(NC(=O)C2(c3ccc(F)cc3)CC2)CC1. The molecule has 108 valence electrons. The average Bonchev–Trinajstić information content (AvgIpc) is 3.24. The predicted molar refractivity (Wildman–Crippen MR) is 76.9 cm³/mol. The van der Waals surface area contributed by atoms with Crippen molar-refractivity contribution < 1.29 is 9.18 Å². The largest absolute Gasteiger partial charge is 0.353 e.